The second kappa shape index (κ2) is 7.67. The third kappa shape index (κ3) is 4.58. The molecule has 0 aliphatic heterocycles. The molecule has 2 aromatic heterocycles. The number of nitrogens with one attached hydrogen (secondary N) is 2. The molecular formula is C17H19ClN6S. The molecule has 0 aliphatic rings. The van der Waals surface area contributed by atoms with Crippen molar-refractivity contribution >= 4 is 34.7 Å². The highest BCUT2D eigenvalue weighted by Crippen LogP contribution is 2.11. The van der Waals surface area contributed by atoms with Crippen LogP contribution in [0.25, 0.3) is 0 Å². The van der Waals surface area contributed by atoms with Crippen molar-refractivity contribution in [2.75, 3.05) is 5.32 Å². The maximum absolute atomic E-state index is 5.90. The summed E-state index contributed by atoms with van der Waals surface area (Å²) in [7, 11) is 1.92. The van der Waals surface area contributed by atoms with E-state index in [9.17, 15) is 0 Å². The summed E-state index contributed by atoms with van der Waals surface area (Å²) in [6.07, 6.45) is 3.75. The Morgan fingerprint density at radius 2 is 2.00 bits per heavy atom. The van der Waals surface area contributed by atoms with Gasteiger partial charge in [0, 0.05) is 42.1 Å². The van der Waals surface area contributed by atoms with Crippen molar-refractivity contribution in [2.45, 2.75) is 20.0 Å². The summed E-state index contributed by atoms with van der Waals surface area (Å²) < 4.78 is 3.69. The zero-order valence-electron chi connectivity index (χ0n) is 14.0. The van der Waals surface area contributed by atoms with Crippen molar-refractivity contribution in [1.29, 1.82) is 0 Å². The lowest BCUT2D eigenvalue weighted by molar-refractivity contribution is 0.690. The van der Waals surface area contributed by atoms with Crippen LogP contribution in [0, 0.1) is 6.92 Å². The first-order valence-electron chi connectivity index (χ1n) is 7.81. The number of hydrogen-bond donors (Lipinski definition) is 2. The summed E-state index contributed by atoms with van der Waals surface area (Å²) in [6.45, 7) is 3.32. The summed E-state index contributed by atoms with van der Waals surface area (Å²) in [5, 5.41) is 16.2. The average molecular weight is 375 g/mol. The predicted molar refractivity (Wildman–Crippen MR) is 104 cm³/mol. The fourth-order valence-electron chi connectivity index (χ4n) is 2.35. The average Bonchev–Trinajstić information content (AvgIpc) is 3.15. The van der Waals surface area contributed by atoms with E-state index in [0.29, 0.717) is 24.0 Å². The highest BCUT2D eigenvalue weighted by atomic mass is 35.5. The summed E-state index contributed by atoms with van der Waals surface area (Å²) in [4.78, 5) is 0. The van der Waals surface area contributed by atoms with E-state index in [0.717, 1.165) is 21.8 Å². The van der Waals surface area contributed by atoms with Gasteiger partial charge >= 0.3 is 0 Å². The molecule has 130 valence electrons. The van der Waals surface area contributed by atoms with Gasteiger partial charge in [-0.25, -0.2) is 0 Å². The van der Waals surface area contributed by atoms with Gasteiger partial charge in [0.05, 0.1) is 12.7 Å². The van der Waals surface area contributed by atoms with E-state index in [-0.39, 0.29) is 0 Å². The number of nitrogens with zero attached hydrogens (tertiary/aromatic N) is 4. The van der Waals surface area contributed by atoms with Crippen LogP contribution in [-0.4, -0.2) is 24.7 Å². The maximum atomic E-state index is 5.90. The molecule has 0 radical (unpaired) electrons. The van der Waals surface area contributed by atoms with Crippen molar-refractivity contribution < 1.29 is 0 Å². The molecule has 3 aromatic rings. The van der Waals surface area contributed by atoms with Crippen molar-refractivity contribution in [2.24, 2.45) is 7.05 Å². The van der Waals surface area contributed by atoms with Gasteiger partial charge in [0.25, 0.3) is 0 Å². The molecule has 25 heavy (non-hydrogen) atoms. The summed E-state index contributed by atoms with van der Waals surface area (Å²) in [5.74, 6) is 0.703. The van der Waals surface area contributed by atoms with E-state index in [2.05, 4.69) is 20.8 Å². The molecular weight excluding hydrogens is 356 g/mol. The van der Waals surface area contributed by atoms with E-state index in [1.165, 1.54) is 0 Å². The molecule has 2 heterocycles. The van der Waals surface area contributed by atoms with Gasteiger partial charge < -0.3 is 10.6 Å². The molecule has 0 spiro atoms. The van der Waals surface area contributed by atoms with Crippen LogP contribution >= 0.6 is 23.8 Å². The molecule has 0 unspecified atom stereocenters. The van der Waals surface area contributed by atoms with Crippen LogP contribution in [0.5, 0.6) is 0 Å². The van der Waals surface area contributed by atoms with Gasteiger partial charge in [-0.05, 0) is 36.8 Å². The number of benzene rings is 1. The summed E-state index contributed by atoms with van der Waals surface area (Å²) >= 11 is 11.2. The predicted octanol–water partition coefficient (Wildman–Crippen LogP) is 3.11. The molecule has 1 aromatic carbocycles. The number of thiocarbonyl (C=S) groups is 1. The van der Waals surface area contributed by atoms with E-state index in [4.69, 9.17) is 23.8 Å². The number of anilines is 1. The molecule has 6 nitrogen and oxygen atoms in total. The Bertz CT molecular complexity index is 868. The first-order chi connectivity index (χ1) is 12.0. The third-order valence-electron chi connectivity index (χ3n) is 3.92. The number of hydrogen-bond acceptors (Lipinski definition) is 3. The maximum Gasteiger partial charge on any atom is 0.172 e. The molecule has 2 N–H and O–H groups in total. The second-order valence-electron chi connectivity index (χ2n) is 5.71. The van der Waals surface area contributed by atoms with Crippen LogP contribution in [0.1, 0.15) is 16.8 Å². The SMILES string of the molecule is Cc1c(CNC(=S)Nc2ccn(Cc3ccc(Cl)cc3)n2)cnn1C. The smallest absolute Gasteiger partial charge is 0.172 e. The zero-order valence-corrected chi connectivity index (χ0v) is 15.6. The Labute approximate surface area is 156 Å². The number of halogens is 1. The van der Waals surface area contributed by atoms with Crippen LogP contribution in [-0.2, 0) is 20.1 Å². The van der Waals surface area contributed by atoms with Gasteiger partial charge in [-0.3, -0.25) is 9.36 Å². The molecule has 0 saturated carbocycles. The van der Waals surface area contributed by atoms with Crippen LogP contribution in [0.4, 0.5) is 5.82 Å². The van der Waals surface area contributed by atoms with Gasteiger partial charge in [0.2, 0.25) is 0 Å². The topological polar surface area (TPSA) is 59.7 Å². The van der Waals surface area contributed by atoms with Gasteiger partial charge in [-0.1, -0.05) is 23.7 Å². The lowest BCUT2D eigenvalue weighted by Crippen LogP contribution is -2.28. The third-order valence-corrected chi connectivity index (χ3v) is 4.41. The van der Waals surface area contributed by atoms with Gasteiger partial charge in [-0.15, -0.1) is 0 Å². The first-order valence-corrected chi connectivity index (χ1v) is 8.60. The summed E-state index contributed by atoms with van der Waals surface area (Å²) in [5.41, 5.74) is 3.36. The highest BCUT2D eigenvalue weighted by molar-refractivity contribution is 7.80. The minimum absolute atomic E-state index is 0.528. The normalized spacial score (nSPS) is 10.7. The minimum Gasteiger partial charge on any atom is -0.358 e. The standard InChI is InChI=1S/C17H19ClN6S/c1-12-14(10-20-23(12)2)9-19-17(25)21-16-7-8-24(22-16)11-13-3-5-15(18)6-4-13/h3-8,10H,9,11H2,1-2H3,(H2,19,21,22,25). The monoisotopic (exact) mass is 374 g/mol. The van der Waals surface area contributed by atoms with E-state index < -0.39 is 0 Å². The number of aryl methyl sites for hydroxylation is 1. The molecule has 3 rings (SSSR count). The molecule has 8 heteroatoms. The van der Waals surface area contributed by atoms with Crippen molar-refractivity contribution in [3.8, 4) is 0 Å². The Morgan fingerprint density at radius 1 is 1.24 bits per heavy atom. The quantitative estimate of drug-likeness (QED) is 0.672. The van der Waals surface area contributed by atoms with E-state index >= 15 is 0 Å². The fraction of sp³-hybridized carbons (Fsp3) is 0.235. The minimum atomic E-state index is 0.528. The van der Waals surface area contributed by atoms with Crippen LogP contribution in [0.15, 0.2) is 42.7 Å². The first kappa shape index (κ1) is 17.4. The second-order valence-corrected chi connectivity index (χ2v) is 6.56. The Hall–Kier alpha value is -2.38. The van der Waals surface area contributed by atoms with Crippen LogP contribution < -0.4 is 10.6 Å². The highest BCUT2D eigenvalue weighted by Gasteiger charge is 2.06. The summed E-state index contributed by atoms with van der Waals surface area (Å²) in [6, 6.07) is 9.61. The van der Waals surface area contributed by atoms with Gasteiger partial charge in [0.1, 0.15) is 0 Å². The molecule has 0 saturated heterocycles. The number of rotatable bonds is 5. The molecule has 0 bridgehead atoms. The van der Waals surface area contributed by atoms with Gasteiger partial charge in [0.15, 0.2) is 10.9 Å². The molecule has 0 amide bonds. The lowest BCUT2D eigenvalue weighted by atomic mass is 10.2. The van der Waals surface area contributed by atoms with Gasteiger partial charge in [-0.2, -0.15) is 10.2 Å². The van der Waals surface area contributed by atoms with Crippen LogP contribution in [0.3, 0.4) is 0 Å². The zero-order chi connectivity index (χ0) is 17.8. The molecule has 0 atom stereocenters. The molecule has 0 aliphatic carbocycles. The fourth-order valence-corrected chi connectivity index (χ4v) is 2.65. The Morgan fingerprint density at radius 3 is 2.68 bits per heavy atom. The van der Waals surface area contributed by atoms with Crippen molar-refractivity contribution in [3.63, 3.8) is 0 Å². The van der Waals surface area contributed by atoms with E-state index in [1.807, 2.05) is 66.1 Å². The van der Waals surface area contributed by atoms with Crippen molar-refractivity contribution in [3.05, 3.63) is 64.6 Å². The van der Waals surface area contributed by atoms with Crippen LogP contribution in [0.2, 0.25) is 5.02 Å². The lowest BCUT2D eigenvalue weighted by Gasteiger charge is -2.08. The number of aromatic nitrogens is 4. The molecule has 0 fully saturated rings. The Kier molecular flexibility index (Phi) is 5.35. The largest absolute Gasteiger partial charge is 0.358 e. The Balaban J connectivity index is 1.53. The van der Waals surface area contributed by atoms with Crippen molar-refractivity contribution in [1.82, 2.24) is 24.9 Å². The van der Waals surface area contributed by atoms with E-state index in [1.54, 1.807) is 0 Å².